The van der Waals surface area contributed by atoms with Crippen molar-refractivity contribution in [2.45, 2.75) is 49.1 Å². The van der Waals surface area contributed by atoms with Gasteiger partial charge in [-0.25, -0.2) is 0 Å². The fraction of sp³-hybridized carbons (Fsp3) is 0.750. The number of allylic oxidation sites excluding steroid dienone is 1. The van der Waals surface area contributed by atoms with Gasteiger partial charge in [0.1, 0.15) is 29.9 Å². The molecule has 1 aliphatic rings. The second-order valence-corrected chi connectivity index (χ2v) is 5.61. The van der Waals surface area contributed by atoms with Crippen molar-refractivity contribution in [1.29, 1.82) is 5.41 Å². The molecule has 0 aromatic carbocycles. The molecule has 0 radical (unpaired) electrons. The average molecular weight is 291 g/mol. The van der Waals surface area contributed by atoms with E-state index in [-0.39, 0.29) is 0 Å². The Kier molecular flexibility index (Phi) is 6.98. The highest BCUT2D eigenvalue weighted by Crippen LogP contribution is 2.29. The van der Waals surface area contributed by atoms with Gasteiger partial charge in [0.05, 0.1) is 11.7 Å². The summed E-state index contributed by atoms with van der Waals surface area (Å²) in [5.41, 5.74) is -0.855. The number of aliphatic hydroxyl groups is 4. The number of rotatable bonds is 6. The fourth-order valence-corrected chi connectivity index (χ4v) is 2.81. The van der Waals surface area contributed by atoms with Crippen LogP contribution in [-0.2, 0) is 4.74 Å². The summed E-state index contributed by atoms with van der Waals surface area (Å²) in [6.07, 6.45) is -1.06. The molecule has 0 aromatic rings. The largest absolute Gasteiger partial charge is 0.394 e. The lowest BCUT2D eigenvalue weighted by atomic mass is 10.0. The molecule has 1 aliphatic heterocycles. The Bertz CT molecular complexity index is 312. The first kappa shape index (κ1) is 16.6. The van der Waals surface area contributed by atoms with Gasteiger partial charge in [0.2, 0.25) is 0 Å². The molecule has 0 aliphatic carbocycles. The molecule has 0 bridgehead atoms. The molecule has 1 heterocycles. The van der Waals surface area contributed by atoms with Gasteiger partial charge in [-0.15, -0.1) is 6.58 Å². The number of hydrogen-bond donors (Lipinski definition) is 5. The van der Waals surface area contributed by atoms with Gasteiger partial charge in [-0.2, -0.15) is 0 Å². The van der Waals surface area contributed by atoms with Crippen LogP contribution in [0.4, 0.5) is 0 Å². The fourth-order valence-electron chi connectivity index (χ4n) is 1.77. The molecule has 5 unspecified atom stereocenters. The Labute approximate surface area is 116 Å². The Balaban J connectivity index is 2.51. The molecule has 1 rings (SSSR count). The molecule has 1 saturated heterocycles. The zero-order valence-electron chi connectivity index (χ0n) is 10.6. The smallest absolute Gasteiger partial charge is 0.137 e. The van der Waals surface area contributed by atoms with Crippen molar-refractivity contribution in [1.82, 2.24) is 0 Å². The number of hydrogen-bond acceptors (Lipinski definition) is 7. The predicted molar refractivity (Wildman–Crippen MR) is 73.1 cm³/mol. The van der Waals surface area contributed by atoms with E-state index in [2.05, 4.69) is 6.58 Å². The van der Waals surface area contributed by atoms with Crippen molar-refractivity contribution in [3.05, 3.63) is 12.7 Å². The van der Waals surface area contributed by atoms with Crippen LogP contribution in [0.15, 0.2) is 12.7 Å². The first-order valence-electron chi connectivity index (χ1n) is 6.16. The molecule has 5 N–H and O–H groups in total. The molecule has 5 atom stereocenters. The Hall–Kier alpha value is -0.440. The molecule has 0 amide bonds. The Morgan fingerprint density at radius 2 is 1.95 bits per heavy atom. The molecule has 0 spiro atoms. The standard InChI is InChI=1S/C12H21NO5S/c1-2-3-4-5-8(13)19-12-11(17)10(16)9(15)7(6-14)18-12/h2,7,9-17H,1,3-6H2. The Morgan fingerprint density at radius 3 is 2.53 bits per heavy atom. The predicted octanol–water partition coefficient (Wildman–Crippen LogP) is -0.147. The van der Waals surface area contributed by atoms with Gasteiger partial charge in [-0.3, -0.25) is 5.41 Å². The summed E-state index contributed by atoms with van der Waals surface area (Å²) in [5.74, 6) is 0. The van der Waals surface area contributed by atoms with E-state index in [1.165, 1.54) is 0 Å². The van der Waals surface area contributed by atoms with Crippen molar-refractivity contribution in [2.24, 2.45) is 0 Å². The average Bonchev–Trinajstić information content (AvgIpc) is 2.39. The summed E-state index contributed by atoms with van der Waals surface area (Å²) in [6, 6.07) is 0. The highest BCUT2D eigenvalue weighted by atomic mass is 32.2. The molecule has 0 saturated carbocycles. The van der Waals surface area contributed by atoms with Crippen LogP contribution in [0.1, 0.15) is 19.3 Å². The van der Waals surface area contributed by atoms with Crippen LogP contribution in [0.25, 0.3) is 0 Å². The number of thioether (sulfide) groups is 1. The second kappa shape index (κ2) is 7.98. The number of unbranched alkanes of at least 4 members (excludes halogenated alkanes) is 1. The van der Waals surface area contributed by atoms with E-state index in [1.54, 1.807) is 6.08 Å². The van der Waals surface area contributed by atoms with Gasteiger partial charge in [-0.1, -0.05) is 17.8 Å². The zero-order valence-corrected chi connectivity index (χ0v) is 11.4. The second-order valence-electron chi connectivity index (χ2n) is 4.42. The number of aliphatic hydroxyl groups excluding tert-OH is 4. The van der Waals surface area contributed by atoms with Gasteiger partial charge in [0.25, 0.3) is 0 Å². The summed E-state index contributed by atoms with van der Waals surface area (Å²) in [4.78, 5) is 0. The molecular weight excluding hydrogens is 270 g/mol. The zero-order chi connectivity index (χ0) is 14.4. The minimum absolute atomic E-state index is 0.325. The van der Waals surface area contributed by atoms with Crippen molar-refractivity contribution < 1.29 is 25.2 Å². The number of ether oxygens (including phenoxy) is 1. The summed E-state index contributed by atoms with van der Waals surface area (Å²) in [6.45, 7) is 3.14. The molecule has 6 nitrogen and oxygen atoms in total. The maximum Gasteiger partial charge on any atom is 0.137 e. The van der Waals surface area contributed by atoms with Gasteiger partial charge < -0.3 is 25.2 Å². The van der Waals surface area contributed by atoms with E-state index in [9.17, 15) is 15.3 Å². The highest BCUT2D eigenvalue weighted by Gasteiger charge is 2.43. The van der Waals surface area contributed by atoms with E-state index in [1.807, 2.05) is 0 Å². The van der Waals surface area contributed by atoms with Crippen molar-refractivity contribution in [2.75, 3.05) is 6.61 Å². The quantitative estimate of drug-likeness (QED) is 0.201. The monoisotopic (exact) mass is 291 g/mol. The van der Waals surface area contributed by atoms with E-state index in [0.29, 0.717) is 11.5 Å². The summed E-state index contributed by atoms with van der Waals surface area (Å²) < 4.78 is 5.30. The topological polar surface area (TPSA) is 114 Å². The van der Waals surface area contributed by atoms with Crippen LogP contribution >= 0.6 is 11.8 Å². The first-order valence-corrected chi connectivity index (χ1v) is 7.04. The van der Waals surface area contributed by atoms with Gasteiger partial charge in [0, 0.05) is 0 Å². The molecule has 0 aromatic heterocycles. The minimum Gasteiger partial charge on any atom is -0.394 e. The van der Waals surface area contributed by atoms with Crippen LogP contribution in [-0.4, -0.2) is 61.9 Å². The van der Waals surface area contributed by atoms with Crippen molar-refractivity contribution in [3.63, 3.8) is 0 Å². The van der Waals surface area contributed by atoms with Crippen LogP contribution in [0.5, 0.6) is 0 Å². The SMILES string of the molecule is C=CCCCC(=N)SC1OC(CO)C(O)C(O)C1O. The first-order chi connectivity index (χ1) is 9.01. The Morgan fingerprint density at radius 1 is 1.26 bits per heavy atom. The lowest BCUT2D eigenvalue weighted by molar-refractivity contribution is -0.205. The van der Waals surface area contributed by atoms with Gasteiger partial charge >= 0.3 is 0 Å². The maximum absolute atomic E-state index is 9.79. The van der Waals surface area contributed by atoms with E-state index in [0.717, 1.165) is 24.6 Å². The highest BCUT2D eigenvalue weighted by molar-refractivity contribution is 8.14. The lowest BCUT2D eigenvalue weighted by Crippen LogP contribution is -2.57. The summed E-state index contributed by atoms with van der Waals surface area (Å²) >= 11 is 0.999. The van der Waals surface area contributed by atoms with Crippen molar-refractivity contribution in [3.8, 4) is 0 Å². The third-order valence-electron chi connectivity index (χ3n) is 2.92. The van der Waals surface area contributed by atoms with Crippen LogP contribution in [0, 0.1) is 5.41 Å². The van der Waals surface area contributed by atoms with Crippen LogP contribution in [0.3, 0.4) is 0 Å². The molecular formula is C12H21NO5S. The van der Waals surface area contributed by atoms with E-state index >= 15 is 0 Å². The minimum atomic E-state index is -1.38. The van der Waals surface area contributed by atoms with E-state index < -0.39 is 36.5 Å². The normalized spacial score (nSPS) is 35.1. The van der Waals surface area contributed by atoms with E-state index in [4.69, 9.17) is 15.3 Å². The van der Waals surface area contributed by atoms with Gasteiger partial charge in [-0.05, 0) is 19.3 Å². The molecule has 19 heavy (non-hydrogen) atoms. The van der Waals surface area contributed by atoms with Crippen LogP contribution in [0.2, 0.25) is 0 Å². The molecule has 110 valence electrons. The molecule has 1 fully saturated rings. The third kappa shape index (κ3) is 4.55. The number of nitrogens with one attached hydrogen (secondary N) is 1. The third-order valence-corrected chi connectivity index (χ3v) is 4.03. The summed E-state index contributed by atoms with van der Waals surface area (Å²) in [7, 11) is 0. The maximum atomic E-state index is 9.79. The molecule has 7 heteroatoms. The summed E-state index contributed by atoms with van der Waals surface area (Å²) in [5, 5.41) is 46.1. The van der Waals surface area contributed by atoms with Crippen LogP contribution < -0.4 is 0 Å². The van der Waals surface area contributed by atoms with Crippen molar-refractivity contribution >= 4 is 16.8 Å². The lowest BCUT2D eigenvalue weighted by Gasteiger charge is -2.39. The van der Waals surface area contributed by atoms with Gasteiger partial charge in [0.15, 0.2) is 0 Å².